The molecular formula is C17H14BrFN2O2. The monoisotopic (exact) mass is 376 g/mol. The van der Waals surface area contributed by atoms with Gasteiger partial charge in [-0.2, -0.15) is 0 Å². The summed E-state index contributed by atoms with van der Waals surface area (Å²) in [5.74, 6) is -0.734. The van der Waals surface area contributed by atoms with Gasteiger partial charge in [-0.3, -0.25) is 9.59 Å². The maximum atomic E-state index is 13.1. The molecule has 6 heteroatoms. The number of anilines is 2. The van der Waals surface area contributed by atoms with Crippen molar-refractivity contribution in [2.24, 2.45) is 0 Å². The Morgan fingerprint density at radius 2 is 2.00 bits per heavy atom. The number of halogens is 2. The molecule has 0 atom stereocenters. The topological polar surface area (TPSA) is 49.4 Å². The van der Waals surface area contributed by atoms with Gasteiger partial charge in [-0.05, 0) is 52.7 Å². The molecule has 1 N–H and O–H groups in total. The number of nitrogens with zero attached hydrogens (tertiary/aromatic N) is 1. The zero-order valence-corrected chi connectivity index (χ0v) is 13.8. The minimum atomic E-state index is -0.420. The molecule has 1 fully saturated rings. The molecule has 2 amide bonds. The van der Waals surface area contributed by atoms with Gasteiger partial charge in [0.25, 0.3) is 5.91 Å². The van der Waals surface area contributed by atoms with Gasteiger partial charge < -0.3 is 10.2 Å². The SMILES string of the molecule is O=C(Nc1ccccc1N1CCCC1=O)c1ccc(F)cc1Br. The number of para-hydroxylation sites is 2. The third-order valence-corrected chi connectivity index (χ3v) is 4.35. The van der Waals surface area contributed by atoms with E-state index >= 15 is 0 Å². The second kappa shape index (κ2) is 6.50. The number of hydrogen-bond donors (Lipinski definition) is 1. The molecule has 0 spiro atoms. The summed E-state index contributed by atoms with van der Waals surface area (Å²) in [4.78, 5) is 26.0. The highest BCUT2D eigenvalue weighted by Gasteiger charge is 2.24. The summed E-state index contributed by atoms with van der Waals surface area (Å²) in [6, 6.07) is 11.1. The van der Waals surface area contributed by atoms with Crippen LogP contribution >= 0.6 is 15.9 Å². The molecule has 0 radical (unpaired) electrons. The molecule has 0 saturated carbocycles. The van der Waals surface area contributed by atoms with Crippen molar-refractivity contribution in [3.8, 4) is 0 Å². The molecule has 4 nitrogen and oxygen atoms in total. The molecule has 2 aromatic rings. The fourth-order valence-electron chi connectivity index (χ4n) is 2.58. The van der Waals surface area contributed by atoms with Gasteiger partial charge in [0.05, 0.1) is 16.9 Å². The predicted molar refractivity (Wildman–Crippen MR) is 90.1 cm³/mol. The number of carbonyl (C=O) groups is 2. The second-order valence-electron chi connectivity index (χ2n) is 5.24. The van der Waals surface area contributed by atoms with Gasteiger partial charge in [0.15, 0.2) is 0 Å². The second-order valence-corrected chi connectivity index (χ2v) is 6.10. The minimum absolute atomic E-state index is 0.0506. The van der Waals surface area contributed by atoms with Crippen molar-refractivity contribution in [3.05, 3.63) is 58.3 Å². The molecule has 1 aliphatic rings. The zero-order valence-electron chi connectivity index (χ0n) is 12.2. The first-order valence-corrected chi connectivity index (χ1v) is 8.01. The van der Waals surface area contributed by atoms with Crippen LogP contribution in [-0.2, 0) is 4.79 Å². The van der Waals surface area contributed by atoms with Crippen LogP contribution in [-0.4, -0.2) is 18.4 Å². The van der Waals surface area contributed by atoms with Crippen LogP contribution in [0.4, 0.5) is 15.8 Å². The van der Waals surface area contributed by atoms with Crippen LogP contribution in [0.3, 0.4) is 0 Å². The Morgan fingerprint density at radius 1 is 1.22 bits per heavy atom. The van der Waals surface area contributed by atoms with Gasteiger partial charge in [0, 0.05) is 17.4 Å². The number of nitrogens with one attached hydrogen (secondary N) is 1. The van der Waals surface area contributed by atoms with Crippen molar-refractivity contribution < 1.29 is 14.0 Å². The molecule has 1 aliphatic heterocycles. The van der Waals surface area contributed by atoms with Gasteiger partial charge in [-0.25, -0.2) is 4.39 Å². The summed E-state index contributed by atoms with van der Waals surface area (Å²) >= 11 is 3.19. The van der Waals surface area contributed by atoms with Crippen LogP contribution in [0, 0.1) is 5.82 Å². The van der Waals surface area contributed by atoms with Crippen LogP contribution in [0.5, 0.6) is 0 Å². The van der Waals surface area contributed by atoms with Gasteiger partial charge in [-0.15, -0.1) is 0 Å². The first-order chi connectivity index (χ1) is 11.1. The van der Waals surface area contributed by atoms with Crippen LogP contribution in [0.25, 0.3) is 0 Å². The maximum absolute atomic E-state index is 13.1. The Kier molecular flexibility index (Phi) is 4.43. The lowest BCUT2D eigenvalue weighted by Crippen LogP contribution is -2.25. The van der Waals surface area contributed by atoms with E-state index in [0.29, 0.717) is 34.4 Å². The Balaban J connectivity index is 1.88. The predicted octanol–water partition coefficient (Wildman–Crippen LogP) is 3.97. The first-order valence-electron chi connectivity index (χ1n) is 7.22. The highest BCUT2D eigenvalue weighted by Crippen LogP contribution is 2.30. The van der Waals surface area contributed by atoms with Gasteiger partial charge >= 0.3 is 0 Å². The van der Waals surface area contributed by atoms with E-state index in [9.17, 15) is 14.0 Å². The van der Waals surface area contributed by atoms with Crippen LogP contribution in [0.2, 0.25) is 0 Å². The average Bonchev–Trinajstić information content (AvgIpc) is 2.93. The molecule has 1 saturated heterocycles. The molecule has 0 bridgehead atoms. The smallest absolute Gasteiger partial charge is 0.256 e. The normalized spacial score (nSPS) is 14.2. The Bertz CT molecular complexity index is 779. The summed E-state index contributed by atoms with van der Waals surface area (Å²) in [6.45, 7) is 0.645. The van der Waals surface area contributed by atoms with E-state index in [1.165, 1.54) is 18.2 Å². The van der Waals surface area contributed by atoms with E-state index in [4.69, 9.17) is 0 Å². The zero-order chi connectivity index (χ0) is 16.4. The van der Waals surface area contributed by atoms with Crippen molar-refractivity contribution in [2.75, 3.05) is 16.8 Å². The number of benzene rings is 2. The molecule has 2 aromatic carbocycles. The van der Waals surface area contributed by atoms with Gasteiger partial charge in [-0.1, -0.05) is 12.1 Å². The molecule has 23 heavy (non-hydrogen) atoms. The van der Waals surface area contributed by atoms with Gasteiger partial charge in [0.1, 0.15) is 5.82 Å². The van der Waals surface area contributed by atoms with Gasteiger partial charge in [0.2, 0.25) is 5.91 Å². The lowest BCUT2D eigenvalue weighted by atomic mass is 10.2. The third-order valence-electron chi connectivity index (χ3n) is 3.69. The molecule has 1 heterocycles. The number of carbonyl (C=O) groups excluding carboxylic acids is 2. The van der Waals surface area contributed by atoms with E-state index in [0.717, 1.165) is 6.42 Å². The summed E-state index contributed by atoms with van der Waals surface area (Å²) in [5.41, 5.74) is 1.57. The van der Waals surface area contributed by atoms with Crippen molar-refractivity contribution in [1.29, 1.82) is 0 Å². The quantitative estimate of drug-likeness (QED) is 0.880. The molecule has 3 rings (SSSR count). The van der Waals surface area contributed by atoms with Crippen LogP contribution < -0.4 is 10.2 Å². The summed E-state index contributed by atoms with van der Waals surface area (Å²) in [6.07, 6.45) is 1.33. The van der Waals surface area contributed by atoms with E-state index in [2.05, 4.69) is 21.2 Å². The number of rotatable bonds is 3. The minimum Gasteiger partial charge on any atom is -0.320 e. The molecule has 0 unspecified atom stereocenters. The molecule has 0 aromatic heterocycles. The standard InChI is InChI=1S/C17H14BrFN2O2/c18-13-10-11(19)7-8-12(13)17(23)20-14-4-1-2-5-15(14)21-9-3-6-16(21)22/h1-2,4-5,7-8,10H,3,6,9H2,(H,20,23). The fourth-order valence-corrected chi connectivity index (χ4v) is 3.11. The Morgan fingerprint density at radius 3 is 2.70 bits per heavy atom. The highest BCUT2D eigenvalue weighted by molar-refractivity contribution is 9.10. The van der Waals surface area contributed by atoms with Crippen molar-refractivity contribution >= 4 is 39.1 Å². The molecule has 118 valence electrons. The van der Waals surface area contributed by atoms with E-state index in [-0.39, 0.29) is 11.8 Å². The molecular weight excluding hydrogens is 363 g/mol. The first kappa shape index (κ1) is 15.7. The fraction of sp³-hybridized carbons (Fsp3) is 0.176. The lowest BCUT2D eigenvalue weighted by Gasteiger charge is -2.20. The van der Waals surface area contributed by atoms with Crippen molar-refractivity contribution in [3.63, 3.8) is 0 Å². The van der Waals surface area contributed by atoms with E-state index in [1.54, 1.807) is 23.1 Å². The Hall–Kier alpha value is -2.21. The largest absolute Gasteiger partial charge is 0.320 e. The van der Waals surface area contributed by atoms with E-state index in [1.807, 2.05) is 6.07 Å². The van der Waals surface area contributed by atoms with Crippen molar-refractivity contribution in [2.45, 2.75) is 12.8 Å². The maximum Gasteiger partial charge on any atom is 0.256 e. The molecule has 0 aliphatic carbocycles. The summed E-state index contributed by atoms with van der Waals surface area (Å²) in [5, 5.41) is 2.80. The summed E-state index contributed by atoms with van der Waals surface area (Å²) in [7, 11) is 0. The number of hydrogen-bond acceptors (Lipinski definition) is 2. The van der Waals surface area contributed by atoms with E-state index < -0.39 is 5.82 Å². The Labute approximate surface area is 141 Å². The van der Waals surface area contributed by atoms with Crippen LogP contribution in [0.15, 0.2) is 46.9 Å². The summed E-state index contributed by atoms with van der Waals surface area (Å²) < 4.78 is 13.5. The highest BCUT2D eigenvalue weighted by atomic mass is 79.9. The third kappa shape index (κ3) is 3.27. The lowest BCUT2D eigenvalue weighted by molar-refractivity contribution is -0.117. The average molecular weight is 377 g/mol. The van der Waals surface area contributed by atoms with Crippen molar-refractivity contribution in [1.82, 2.24) is 0 Å². The van der Waals surface area contributed by atoms with Crippen LogP contribution in [0.1, 0.15) is 23.2 Å². The number of amides is 2.